The van der Waals surface area contributed by atoms with E-state index in [4.69, 9.17) is 4.98 Å². The lowest BCUT2D eigenvalue weighted by atomic mass is 9.88. The lowest BCUT2D eigenvalue weighted by molar-refractivity contribution is -0.138. The van der Waals surface area contributed by atoms with Crippen LogP contribution in [-0.4, -0.2) is 64.1 Å². The van der Waals surface area contributed by atoms with Gasteiger partial charge in [0.05, 0.1) is 17.8 Å². The minimum atomic E-state index is -4.37. The van der Waals surface area contributed by atoms with Gasteiger partial charge in [-0.15, -0.1) is 11.3 Å². The molecule has 1 aromatic carbocycles. The van der Waals surface area contributed by atoms with E-state index in [0.717, 1.165) is 49.6 Å². The highest BCUT2D eigenvalue weighted by molar-refractivity contribution is 7.09. The Kier molecular flexibility index (Phi) is 7.30. The fourth-order valence-electron chi connectivity index (χ4n) is 4.98. The predicted octanol–water partition coefficient (Wildman–Crippen LogP) is 4.36. The standard InChI is InChI=1S/C26H30F3N5OS/c27-26(28,29)21-6-2-1-5-20(21)17-32-11-8-25(35,9-12-32)22-19-36-24(31-22)18-33-13-15-34(16-14-33)23-7-3-4-10-30-23/h1-7,10,19,35H,8-9,11-18H2. The first-order valence-electron chi connectivity index (χ1n) is 12.2. The van der Waals surface area contributed by atoms with Crippen molar-refractivity contribution in [3.8, 4) is 0 Å². The zero-order valence-corrected chi connectivity index (χ0v) is 20.8. The van der Waals surface area contributed by atoms with Crippen LogP contribution in [0.5, 0.6) is 0 Å². The van der Waals surface area contributed by atoms with E-state index in [0.29, 0.717) is 31.6 Å². The Bertz CT molecular complexity index is 1140. The van der Waals surface area contributed by atoms with E-state index in [1.54, 1.807) is 17.4 Å². The number of aromatic nitrogens is 2. The zero-order valence-electron chi connectivity index (χ0n) is 20.0. The van der Waals surface area contributed by atoms with Crippen LogP contribution in [0.3, 0.4) is 0 Å². The molecule has 2 aromatic heterocycles. The van der Waals surface area contributed by atoms with Crippen molar-refractivity contribution in [2.75, 3.05) is 44.2 Å². The number of halogens is 3. The minimum absolute atomic E-state index is 0.221. The number of thiazole rings is 1. The second-order valence-electron chi connectivity index (χ2n) is 9.54. The molecule has 0 bridgehead atoms. The van der Waals surface area contributed by atoms with E-state index in [2.05, 4.69) is 14.8 Å². The number of benzene rings is 1. The Hall–Kier alpha value is -2.53. The smallest absolute Gasteiger partial charge is 0.383 e. The molecule has 2 aliphatic heterocycles. The van der Waals surface area contributed by atoms with Gasteiger partial charge in [-0.1, -0.05) is 24.3 Å². The molecule has 0 aliphatic carbocycles. The number of pyridine rings is 1. The number of likely N-dealkylation sites (tertiary alicyclic amines) is 1. The van der Waals surface area contributed by atoms with Gasteiger partial charge in [0.1, 0.15) is 16.4 Å². The number of alkyl halides is 3. The second kappa shape index (κ2) is 10.5. The Morgan fingerprint density at radius 3 is 2.28 bits per heavy atom. The van der Waals surface area contributed by atoms with Gasteiger partial charge >= 0.3 is 6.18 Å². The number of piperidine rings is 1. The molecular formula is C26H30F3N5OS. The van der Waals surface area contributed by atoms with Gasteiger partial charge in [-0.3, -0.25) is 9.80 Å². The summed E-state index contributed by atoms with van der Waals surface area (Å²) >= 11 is 1.56. The fraction of sp³-hybridized carbons (Fsp3) is 0.462. The maximum atomic E-state index is 13.3. The third kappa shape index (κ3) is 5.72. The lowest BCUT2D eigenvalue weighted by Crippen LogP contribution is -2.46. The molecule has 6 nitrogen and oxygen atoms in total. The third-order valence-corrected chi connectivity index (χ3v) is 7.97. The molecule has 10 heteroatoms. The molecule has 0 radical (unpaired) electrons. The van der Waals surface area contributed by atoms with Crippen LogP contribution in [0, 0.1) is 0 Å². The van der Waals surface area contributed by atoms with E-state index in [-0.39, 0.29) is 12.1 Å². The summed E-state index contributed by atoms with van der Waals surface area (Å²) < 4.78 is 40.0. The topological polar surface area (TPSA) is 55.7 Å². The van der Waals surface area contributed by atoms with Crippen LogP contribution >= 0.6 is 11.3 Å². The number of hydrogen-bond donors (Lipinski definition) is 1. The van der Waals surface area contributed by atoms with Gasteiger partial charge in [-0.25, -0.2) is 9.97 Å². The first kappa shape index (κ1) is 25.1. The van der Waals surface area contributed by atoms with Crippen LogP contribution in [-0.2, 0) is 24.9 Å². The first-order valence-corrected chi connectivity index (χ1v) is 13.1. The van der Waals surface area contributed by atoms with Crippen molar-refractivity contribution in [1.82, 2.24) is 19.8 Å². The molecule has 0 spiro atoms. The molecule has 2 aliphatic rings. The average molecular weight is 518 g/mol. The van der Waals surface area contributed by atoms with E-state index in [1.807, 2.05) is 34.7 Å². The Balaban J connectivity index is 1.14. The first-order chi connectivity index (χ1) is 17.3. The summed E-state index contributed by atoms with van der Waals surface area (Å²) in [5.41, 5.74) is -0.665. The van der Waals surface area contributed by atoms with Crippen molar-refractivity contribution < 1.29 is 18.3 Å². The van der Waals surface area contributed by atoms with Gasteiger partial charge in [0.2, 0.25) is 0 Å². The molecule has 1 N–H and O–H groups in total. The lowest BCUT2D eigenvalue weighted by Gasteiger charge is -2.37. The molecule has 2 fully saturated rings. The van der Waals surface area contributed by atoms with Gasteiger partial charge in [-0.05, 0) is 36.6 Å². The normalized spacial score (nSPS) is 19.5. The Morgan fingerprint density at radius 1 is 0.889 bits per heavy atom. The molecule has 0 saturated carbocycles. The van der Waals surface area contributed by atoms with Crippen molar-refractivity contribution in [2.45, 2.75) is 37.7 Å². The molecule has 36 heavy (non-hydrogen) atoms. The third-order valence-electron chi connectivity index (χ3n) is 7.13. The summed E-state index contributed by atoms with van der Waals surface area (Å²) in [5.74, 6) is 1.00. The number of piperazine rings is 1. The van der Waals surface area contributed by atoms with Gasteiger partial charge < -0.3 is 10.0 Å². The largest absolute Gasteiger partial charge is 0.416 e. The summed E-state index contributed by atoms with van der Waals surface area (Å²) in [6.07, 6.45) is -1.65. The van der Waals surface area contributed by atoms with Crippen molar-refractivity contribution in [3.63, 3.8) is 0 Å². The SMILES string of the molecule is OC1(c2csc(CN3CCN(c4ccccn4)CC3)n2)CCN(Cc2ccccc2C(F)(F)F)CC1. The molecular weight excluding hydrogens is 487 g/mol. The summed E-state index contributed by atoms with van der Waals surface area (Å²) in [4.78, 5) is 15.8. The molecule has 4 heterocycles. The van der Waals surface area contributed by atoms with Crippen molar-refractivity contribution >= 4 is 17.2 Å². The highest BCUT2D eigenvalue weighted by Crippen LogP contribution is 2.36. The number of rotatable bonds is 6. The van der Waals surface area contributed by atoms with Crippen LogP contribution in [0.4, 0.5) is 19.0 Å². The minimum Gasteiger partial charge on any atom is -0.383 e. The number of anilines is 1. The quantitative estimate of drug-likeness (QED) is 0.525. The average Bonchev–Trinajstić information content (AvgIpc) is 3.36. The van der Waals surface area contributed by atoms with Gasteiger partial charge in [0, 0.05) is 57.4 Å². The van der Waals surface area contributed by atoms with E-state index in [1.165, 1.54) is 12.1 Å². The number of hydrogen-bond acceptors (Lipinski definition) is 7. The molecule has 192 valence electrons. The van der Waals surface area contributed by atoms with Gasteiger partial charge in [0.15, 0.2) is 0 Å². The van der Waals surface area contributed by atoms with Crippen molar-refractivity contribution in [2.24, 2.45) is 0 Å². The zero-order chi connectivity index (χ0) is 25.2. The Labute approximate surface area is 213 Å². The summed E-state index contributed by atoms with van der Waals surface area (Å²) in [5, 5.41) is 14.2. The van der Waals surface area contributed by atoms with E-state index in [9.17, 15) is 18.3 Å². The molecule has 0 unspecified atom stereocenters. The second-order valence-corrected chi connectivity index (χ2v) is 10.5. The summed E-state index contributed by atoms with van der Waals surface area (Å²) in [6.45, 7) is 5.67. The highest BCUT2D eigenvalue weighted by atomic mass is 32.1. The van der Waals surface area contributed by atoms with Crippen LogP contribution < -0.4 is 4.90 Å². The Morgan fingerprint density at radius 2 is 1.58 bits per heavy atom. The maximum absolute atomic E-state index is 13.3. The summed E-state index contributed by atoms with van der Waals surface area (Å²) in [6, 6.07) is 11.7. The van der Waals surface area contributed by atoms with Crippen LogP contribution in [0.2, 0.25) is 0 Å². The maximum Gasteiger partial charge on any atom is 0.416 e. The predicted molar refractivity (Wildman–Crippen MR) is 134 cm³/mol. The summed E-state index contributed by atoms with van der Waals surface area (Å²) in [7, 11) is 0. The van der Waals surface area contributed by atoms with E-state index >= 15 is 0 Å². The van der Waals surface area contributed by atoms with Crippen LogP contribution in [0.25, 0.3) is 0 Å². The van der Waals surface area contributed by atoms with Gasteiger partial charge in [-0.2, -0.15) is 13.2 Å². The van der Waals surface area contributed by atoms with Gasteiger partial charge in [0.25, 0.3) is 0 Å². The van der Waals surface area contributed by atoms with Crippen molar-refractivity contribution in [1.29, 1.82) is 0 Å². The molecule has 3 aromatic rings. The molecule has 5 rings (SSSR count). The fourth-order valence-corrected chi connectivity index (χ4v) is 5.91. The van der Waals surface area contributed by atoms with Crippen molar-refractivity contribution in [3.05, 3.63) is 75.9 Å². The van der Waals surface area contributed by atoms with Crippen LogP contribution in [0.1, 0.15) is 34.7 Å². The monoisotopic (exact) mass is 517 g/mol. The van der Waals surface area contributed by atoms with Crippen LogP contribution in [0.15, 0.2) is 54.0 Å². The highest BCUT2D eigenvalue weighted by Gasteiger charge is 2.38. The number of aliphatic hydroxyl groups is 1. The van der Waals surface area contributed by atoms with E-state index < -0.39 is 17.3 Å². The molecule has 0 atom stereocenters. The molecule has 2 saturated heterocycles. The molecule has 0 amide bonds. The number of nitrogens with zero attached hydrogens (tertiary/aromatic N) is 5.